The van der Waals surface area contributed by atoms with E-state index >= 15 is 0 Å². The zero-order valence-electron chi connectivity index (χ0n) is 14.4. The third kappa shape index (κ3) is 2.95. The molecule has 1 aliphatic rings. The van der Waals surface area contributed by atoms with Gasteiger partial charge in [0.25, 0.3) is 0 Å². The summed E-state index contributed by atoms with van der Waals surface area (Å²) in [5, 5.41) is 0.594. The Labute approximate surface area is 151 Å². The van der Waals surface area contributed by atoms with Crippen molar-refractivity contribution >= 4 is 21.0 Å². The molecule has 6 heteroatoms. The Hall–Kier alpha value is -2.44. The number of nitrogens with zero attached hydrogens (tertiary/aromatic N) is 1. The molecule has 0 N–H and O–H groups in total. The molecule has 2 aromatic carbocycles. The van der Waals surface area contributed by atoms with Gasteiger partial charge in [-0.05, 0) is 49.6 Å². The minimum atomic E-state index is -3.63. The van der Waals surface area contributed by atoms with Gasteiger partial charge in [0.05, 0.1) is 10.9 Å². The van der Waals surface area contributed by atoms with Crippen LogP contribution in [0.3, 0.4) is 0 Å². The molecule has 0 bridgehead atoms. The van der Waals surface area contributed by atoms with Gasteiger partial charge in [-0.15, -0.1) is 0 Å². The quantitative estimate of drug-likeness (QED) is 0.661. The molecular formula is C20H19NO4S. The van der Waals surface area contributed by atoms with Gasteiger partial charge < -0.3 is 4.42 Å². The topological polar surface area (TPSA) is 67.6 Å². The van der Waals surface area contributed by atoms with Gasteiger partial charge in [-0.2, -0.15) is 4.31 Å². The minimum absolute atomic E-state index is 0.148. The van der Waals surface area contributed by atoms with E-state index in [2.05, 4.69) is 0 Å². The molecule has 2 heterocycles. The summed E-state index contributed by atoms with van der Waals surface area (Å²) in [6, 6.07) is 15.4. The van der Waals surface area contributed by atoms with Crippen LogP contribution in [0.5, 0.6) is 0 Å². The van der Waals surface area contributed by atoms with Gasteiger partial charge in [-0.3, -0.25) is 0 Å². The van der Waals surface area contributed by atoms with Crippen LogP contribution in [0, 0.1) is 6.92 Å². The third-order valence-corrected chi connectivity index (χ3v) is 6.77. The van der Waals surface area contributed by atoms with E-state index in [1.54, 1.807) is 22.5 Å². The molecule has 1 fully saturated rings. The Kier molecular flexibility index (Phi) is 4.17. The second kappa shape index (κ2) is 6.37. The molecule has 1 aromatic heterocycles. The summed E-state index contributed by atoms with van der Waals surface area (Å²) in [5.41, 5.74) is 2.10. The first-order valence-electron chi connectivity index (χ1n) is 8.57. The molecule has 1 aliphatic heterocycles. The van der Waals surface area contributed by atoms with Crippen LogP contribution in [0.1, 0.15) is 30.0 Å². The zero-order chi connectivity index (χ0) is 18.3. The number of fused-ring (bicyclic) bond motifs is 1. The summed E-state index contributed by atoms with van der Waals surface area (Å²) in [7, 11) is -3.63. The molecule has 0 saturated carbocycles. The lowest BCUT2D eigenvalue weighted by Gasteiger charge is -2.24. The fraction of sp³-hybridized carbons (Fsp3) is 0.250. The Morgan fingerprint density at radius 2 is 1.81 bits per heavy atom. The van der Waals surface area contributed by atoms with Crippen molar-refractivity contribution in [2.45, 2.75) is 30.7 Å². The summed E-state index contributed by atoms with van der Waals surface area (Å²) < 4.78 is 33.1. The van der Waals surface area contributed by atoms with Gasteiger partial charge in [-0.25, -0.2) is 13.2 Å². The van der Waals surface area contributed by atoms with Gasteiger partial charge in [0, 0.05) is 18.0 Å². The Balaban J connectivity index is 1.74. The van der Waals surface area contributed by atoms with Crippen molar-refractivity contribution in [3.05, 3.63) is 76.1 Å². The molecule has 0 aliphatic carbocycles. The standard InChI is InChI=1S/C20H19NO4S/c1-14-4-6-15(7-5-14)18-3-2-12-21(18)26(23,24)17-9-10-19-16(13-17)8-11-20(22)25-19/h4-11,13,18H,2-3,12H2,1H3. The molecule has 4 rings (SSSR count). The lowest BCUT2D eigenvalue weighted by Crippen LogP contribution is -2.30. The van der Waals surface area contributed by atoms with Crippen molar-refractivity contribution < 1.29 is 12.8 Å². The van der Waals surface area contributed by atoms with E-state index in [0.717, 1.165) is 24.0 Å². The fourth-order valence-electron chi connectivity index (χ4n) is 3.50. The molecule has 1 saturated heterocycles. The number of benzene rings is 2. The number of aryl methyl sites for hydroxylation is 1. The Bertz CT molecular complexity index is 1120. The summed E-state index contributed by atoms with van der Waals surface area (Å²) >= 11 is 0. The molecule has 5 nitrogen and oxygen atoms in total. The van der Waals surface area contributed by atoms with Crippen LogP contribution < -0.4 is 5.63 Å². The summed E-state index contributed by atoms with van der Waals surface area (Å²) in [6.07, 6.45) is 1.64. The summed E-state index contributed by atoms with van der Waals surface area (Å²) in [4.78, 5) is 11.5. The van der Waals surface area contributed by atoms with Gasteiger partial charge in [0.15, 0.2) is 0 Å². The van der Waals surface area contributed by atoms with Crippen molar-refractivity contribution in [1.29, 1.82) is 0 Å². The van der Waals surface area contributed by atoms with Crippen LogP contribution in [0.4, 0.5) is 0 Å². The highest BCUT2D eigenvalue weighted by atomic mass is 32.2. The smallest absolute Gasteiger partial charge is 0.336 e. The average Bonchev–Trinajstić information content (AvgIpc) is 3.12. The van der Waals surface area contributed by atoms with Crippen molar-refractivity contribution in [1.82, 2.24) is 4.31 Å². The molecule has 26 heavy (non-hydrogen) atoms. The predicted molar refractivity (Wildman–Crippen MR) is 99.5 cm³/mol. The van der Waals surface area contributed by atoms with Crippen molar-refractivity contribution in [3.8, 4) is 0 Å². The van der Waals surface area contributed by atoms with Crippen LogP contribution in [0.25, 0.3) is 11.0 Å². The average molecular weight is 369 g/mol. The van der Waals surface area contributed by atoms with Crippen molar-refractivity contribution in [2.24, 2.45) is 0 Å². The summed E-state index contributed by atoms with van der Waals surface area (Å²) in [6.45, 7) is 2.52. The predicted octanol–water partition coefficient (Wildman–Crippen LogP) is 3.63. The molecule has 1 atom stereocenters. The van der Waals surface area contributed by atoms with Crippen LogP contribution >= 0.6 is 0 Å². The van der Waals surface area contributed by atoms with Gasteiger partial charge in [0.1, 0.15) is 5.58 Å². The lowest BCUT2D eigenvalue weighted by molar-refractivity contribution is 0.396. The highest BCUT2D eigenvalue weighted by molar-refractivity contribution is 7.89. The third-order valence-electron chi connectivity index (χ3n) is 4.86. The number of hydrogen-bond acceptors (Lipinski definition) is 4. The molecule has 0 spiro atoms. The maximum absolute atomic E-state index is 13.2. The second-order valence-electron chi connectivity index (χ2n) is 6.64. The highest BCUT2D eigenvalue weighted by Crippen LogP contribution is 2.37. The molecule has 1 unspecified atom stereocenters. The number of rotatable bonds is 3. The number of sulfonamides is 1. The van der Waals surface area contributed by atoms with Crippen molar-refractivity contribution in [3.63, 3.8) is 0 Å². The molecular weight excluding hydrogens is 350 g/mol. The van der Waals surface area contributed by atoms with E-state index in [-0.39, 0.29) is 10.9 Å². The van der Waals surface area contributed by atoms with E-state index in [9.17, 15) is 13.2 Å². The first-order chi connectivity index (χ1) is 12.4. The second-order valence-corrected chi connectivity index (χ2v) is 8.53. The Morgan fingerprint density at radius 3 is 2.58 bits per heavy atom. The molecule has 134 valence electrons. The van der Waals surface area contributed by atoms with Crippen molar-refractivity contribution in [2.75, 3.05) is 6.54 Å². The van der Waals surface area contributed by atoms with Crippen LogP contribution in [-0.4, -0.2) is 19.3 Å². The lowest BCUT2D eigenvalue weighted by atomic mass is 10.0. The minimum Gasteiger partial charge on any atom is -0.423 e. The normalized spacial score (nSPS) is 18.4. The molecule has 0 amide bonds. The zero-order valence-corrected chi connectivity index (χ0v) is 15.2. The van der Waals surface area contributed by atoms with E-state index < -0.39 is 15.6 Å². The first-order valence-corrected chi connectivity index (χ1v) is 10.0. The van der Waals surface area contributed by atoms with E-state index in [1.165, 1.54) is 12.1 Å². The van der Waals surface area contributed by atoms with Gasteiger partial charge in [-0.1, -0.05) is 29.8 Å². The fourth-order valence-corrected chi connectivity index (χ4v) is 5.21. The highest BCUT2D eigenvalue weighted by Gasteiger charge is 2.36. The first kappa shape index (κ1) is 17.0. The largest absolute Gasteiger partial charge is 0.423 e. The van der Waals surface area contributed by atoms with Gasteiger partial charge >= 0.3 is 5.63 Å². The Morgan fingerprint density at radius 1 is 1.04 bits per heavy atom. The molecule has 3 aromatic rings. The van der Waals surface area contributed by atoms with E-state index in [1.807, 2.05) is 31.2 Å². The van der Waals surface area contributed by atoms with Crippen LogP contribution in [0.15, 0.2) is 68.7 Å². The SMILES string of the molecule is Cc1ccc(C2CCCN2S(=O)(=O)c2ccc3oc(=O)ccc3c2)cc1. The maximum Gasteiger partial charge on any atom is 0.336 e. The van der Waals surface area contributed by atoms with Crippen LogP contribution in [-0.2, 0) is 10.0 Å². The molecule has 0 radical (unpaired) electrons. The van der Waals surface area contributed by atoms with E-state index in [0.29, 0.717) is 17.5 Å². The van der Waals surface area contributed by atoms with E-state index in [4.69, 9.17) is 4.42 Å². The van der Waals surface area contributed by atoms with Gasteiger partial charge in [0.2, 0.25) is 10.0 Å². The monoisotopic (exact) mass is 369 g/mol. The number of hydrogen-bond donors (Lipinski definition) is 0. The summed E-state index contributed by atoms with van der Waals surface area (Å²) in [5.74, 6) is 0. The van der Waals surface area contributed by atoms with Crippen LogP contribution in [0.2, 0.25) is 0 Å². The maximum atomic E-state index is 13.2.